The van der Waals surface area contributed by atoms with Crippen LogP contribution >= 0.6 is 0 Å². The van der Waals surface area contributed by atoms with E-state index in [1.54, 1.807) is 50.2 Å². The van der Waals surface area contributed by atoms with Gasteiger partial charge in [0, 0.05) is 6.07 Å². The lowest BCUT2D eigenvalue weighted by atomic mass is 10.1. The summed E-state index contributed by atoms with van der Waals surface area (Å²) < 4.78 is 18.9. The average molecular weight is 246 g/mol. The zero-order chi connectivity index (χ0) is 13.1. The lowest BCUT2D eigenvalue weighted by Crippen LogP contribution is -1.91. The summed E-state index contributed by atoms with van der Waals surface area (Å²) in [6, 6.07) is 11.8. The van der Waals surface area contributed by atoms with E-state index in [9.17, 15) is 9.50 Å². The number of aliphatic hydroxyl groups excluding tert-OH is 1. The third kappa shape index (κ3) is 2.87. The highest BCUT2D eigenvalue weighted by atomic mass is 19.1. The molecule has 0 saturated heterocycles. The van der Waals surface area contributed by atoms with E-state index in [4.69, 9.17) is 4.74 Å². The smallest absolute Gasteiger partial charge is 0.130 e. The Morgan fingerprint density at radius 2 is 1.67 bits per heavy atom. The van der Waals surface area contributed by atoms with Crippen molar-refractivity contribution in [3.63, 3.8) is 0 Å². The van der Waals surface area contributed by atoms with Crippen LogP contribution in [0.25, 0.3) is 0 Å². The average Bonchev–Trinajstić information content (AvgIpc) is 2.34. The maximum atomic E-state index is 13.3. The van der Waals surface area contributed by atoms with Gasteiger partial charge in [0.25, 0.3) is 0 Å². The second-order valence-electron chi connectivity index (χ2n) is 4.26. The minimum absolute atomic E-state index is 0.284. The molecule has 0 bridgehead atoms. The van der Waals surface area contributed by atoms with E-state index in [0.29, 0.717) is 17.1 Å². The molecule has 0 aliphatic rings. The van der Waals surface area contributed by atoms with Crippen LogP contribution < -0.4 is 4.74 Å². The minimum Gasteiger partial charge on any atom is -0.457 e. The van der Waals surface area contributed by atoms with Gasteiger partial charge in [-0.3, -0.25) is 0 Å². The Balaban J connectivity index is 2.15. The molecule has 0 aliphatic carbocycles. The molecule has 2 aromatic carbocycles. The van der Waals surface area contributed by atoms with E-state index in [-0.39, 0.29) is 5.82 Å². The number of rotatable bonds is 3. The monoisotopic (exact) mass is 246 g/mol. The van der Waals surface area contributed by atoms with Crippen molar-refractivity contribution in [2.24, 2.45) is 0 Å². The third-order valence-corrected chi connectivity index (χ3v) is 2.74. The van der Waals surface area contributed by atoms with Gasteiger partial charge in [0.2, 0.25) is 0 Å². The summed E-state index contributed by atoms with van der Waals surface area (Å²) >= 11 is 0. The van der Waals surface area contributed by atoms with Crippen LogP contribution in [0.5, 0.6) is 11.5 Å². The van der Waals surface area contributed by atoms with Gasteiger partial charge in [-0.05, 0) is 43.2 Å². The van der Waals surface area contributed by atoms with Gasteiger partial charge in [0.05, 0.1) is 6.10 Å². The van der Waals surface area contributed by atoms with Crippen molar-refractivity contribution in [1.82, 2.24) is 0 Å². The van der Waals surface area contributed by atoms with Gasteiger partial charge in [-0.25, -0.2) is 4.39 Å². The maximum absolute atomic E-state index is 13.3. The number of hydrogen-bond acceptors (Lipinski definition) is 2. The van der Waals surface area contributed by atoms with Crippen LogP contribution in [0.15, 0.2) is 42.5 Å². The molecule has 0 amide bonds. The molecular weight excluding hydrogens is 231 g/mol. The minimum atomic E-state index is -0.504. The Kier molecular flexibility index (Phi) is 3.63. The number of aliphatic hydroxyl groups is 1. The first kappa shape index (κ1) is 12.6. The summed E-state index contributed by atoms with van der Waals surface area (Å²) in [5.41, 5.74) is 1.41. The Morgan fingerprint density at radius 1 is 1.06 bits per heavy atom. The Hall–Kier alpha value is -1.87. The van der Waals surface area contributed by atoms with Gasteiger partial charge in [0.15, 0.2) is 0 Å². The summed E-state index contributed by atoms with van der Waals surface area (Å²) in [6.45, 7) is 3.40. The van der Waals surface area contributed by atoms with Gasteiger partial charge < -0.3 is 9.84 Å². The molecule has 0 spiro atoms. The van der Waals surface area contributed by atoms with Gasteiger partial charge in [-0.2, -0.15) is 0 Å². The first-order chi connectivity index (χ1) is 8.56. The van der Waals surface area contributed by atoms with Gasteiger partial charge in [-0.15, -0.1) is 0 Å². The van der Waals surface area contributed by atoms with Crippen molar-refractivity contribution >= 4 is 0 Å². The van der Waals surface area contributed by atoms with E-state index in [0.717, 1.165) is 5.56 Å². The van der Waals surface area contributed by atoms with Crippen LogP contribution in [-0.4, -0.2) is 5.11 Å². The maximum Gasteiger partial charge on any atom is 0.130 e. The molecule has 0 aliphatic heterocycles. The van der Waals surface area contributed by atoms with Crippen molar-refractivity contribution in [2.45, 2.75) is 20.0 Å². The number of ether oxygens (including phenoxy) is 1. The molecule has 0 heterocycles. The summed E-state index contributed by atoms with van der Waals surface area (Å²) in [5, 5.41) is 9.38. The molecule has 2 nitrogen and oxygen atoms in total. The SMILES string of the molecule is Cc1ccc(Oc2ccc([C@@H](C)O)cc2)cc1F. The van der Waals surface area contributed by atoms with Crippen molar-refractivity contribution in [2.75, 3.05) is 0 Å². The van der Waals surface area contributed by atoms with Crippen molar-refractivity contribution in [3.8, 4) is 11.5 Å². The molecule has 3 heteroatoms. The van der Waals surface area contributed by atoms with E-state index in [1.807, 2.05) is 0 Å². The quantitative estimate of drug-likeness (QED) is 0.887. The molecule has 18 heavy (non-hydrogen) atoms. The largest absolute Gasteiger partial charge is 0.457 e. The lowest BCUT2D eigenvalue weighted by molar-refractivity contribution is 0.199. The van der Waals surface area contributed by atoms with Crippen LogP contribution in [0.4, 0.5) is 4.39 Å². The van der Waals surface area contributed by atoms with Gasteiger partial charge in [-0.1, -0.05) is 18.2 Å². The number of benzene rings is 2. The van der Waals surface area contributed by atoms with Gasteiger partial charge in [0.1, 0.15) is 17.3 Å². The molecule has 1 atom stereocenters. The van der Waals surface area contributed by atoms with E-state index < -0.39 is 6.10 Å². The molecule has 94 valence electrons. The van der Waals surface area contributed by atoms with Gasteiger partial charge >= 0.3 is 0 Å². The third-order valence-electron chi connectivity index (χ3n) is 2.74. The molecule has 0 fully saturated rings. The predicted octanol–water partition coefficient (Wildman–Crippen LogP) is 3.98. The Bertz CT molecular complexity index is 533. The molecule has 1 N–H and O–H groups in total. The first-order valence-corrected chi connectivity index (χ1v) is 5.78. The topological polar surface area (TPSA) is 29.5 Å². The molecule has 0 saturated carbocycles. The highest BCUT2D eigenvalue weighted by Crippen LogP contribution is 2.24. The van der Waals surface area contributed by atoms with Crippen LogP contribution in [0.3, 0.4) is 0 Å². The molecular formula is C15H15FO2. The molecule has 0 radical (unpaired) electrons. The van der Waals surface area contributed by atoms with E-state index in [2.05, 4.69) is 0 Å². The highest BCUT2D eigenvalue weighted by Gasteiger charge is 2.03. The van der Waals surface area contributed by atoms with E-state index >= 15 is 0 Å². The van der Waals surface area contributed by atoms with Crippen LogP contribution in [0.2, 0.25) is 0 Å². The predicted molar refractivity (Wildman–Crippen MR) is 68.3 cm³/mol. The normalized spacial score (nSPS) is 12.2. The first-order valence-electron chi connectivity index (χ1n) is 5.78. The van der Waals surface area contributed by atoms with Crippen LogP contribution in [-0.2, 0) is 0 Å². The summed E-state index contributed by atoms with van der Waals surface area (Å²) in [7, 11) is 0. The standard InChI is InChI=1S/C15H15FO2/c1-10-3-6-14(9-15(10)16)18-13-7-4-12(5-8-13)11(2)17/h3-9,11,17H,1-2H3/t11-/m1/s1. The van der Waals surface area contributed by atoms with Crippen LogP contribution in [0.1, 0.15) is 24.2 Å². The van der Waals surface area contributed by atoms with Crippen molar-refractivity contribution in [3.05, 3.63) is 59.4 Å². The number of hydrogen-bond donors (Lipinski definition) is 1. The van der Waals surface area contributed by atoms with E-state index in [1.165, 1.54) is 6.07 Å². The number of aryl methyl sites for hydroxylation is 1. The highest BCUT2D eigenvalue weighted by molar-refractivity contribution is 5.35. The second-order valence-corrected chi connectivity index (χ2v) is 4.26. The lowest BCUT2D eigenvalue weighted by Gasteiger charge is -2.08. The molecule has 0 unspecified atom stereocenters. The van der Waals surface area contributed by atoms with Crippen LogP contribution in [0, 0.1) is 12.7 Å². The zero-order valence-corrected chi connectivity index (χ0v) is 10.4. The molecule has 2 rings (SSSR count). The van der Waals surface area contributed by atoms with Crippen molar-refractivity contribution in [1.29, 1.82) is 0 Å². The summed E-state index contributed by atoms with van der Waals surface area (Å²) in [4.78, 5) is 0. The fourth-order valence-corrected chi connectivity index (χ4v) is 1.59. The fraction of sp³-hybridized carbons (Fsp3) is 0.200. The molecule has 0 aromatic heterocycles. The zero-order valence-electron chi connectivity index (χ0n) is 10.4. The Labute approximate surface area is 106 Å². The Morgan fingerprint density at radius 3 is 2.22 bits per heavy atom. The molecule has 2 aromatic rings. The number of halogens is 1. The second kappa shape index (κ2) is 5.19. The summed E-state index contributed by atoms with van der Waals surface area (Å²) in [6.07, 6.45) is -0.504. The van der Waals surface area contributed by atoms with Crippen molar-refractivity contribution < 1.29 is 14.2 Å². The fourth-order valence-electron chi connectivity index (χ4n) is 1.59. The summed E-state index contributed by atoms with van der Waals surface area (Å²) in [5.74, 6) is 0.790.